The van der Waals surface area contributed by atoms with E-state index in [-0.39, 0.29) is 12.8 Å². The van der Waals surface area contributed by atoms with Gasteiger partial charge in [-0.25, -0.2) is 0 Å². The molecule has 124 valence electrons. The van der Waals surface area contributed by atoms with E-state index in [0.717, 1.165) is 0 Å². The van der Waals surface area contributed by atoms with E-state index in [2.05, 4.69) is 0 Å². The summed E-state index contributed by atoms with van der Waals surface area (Å²) in [5, 5.41) is 56.7. The zero-order chi connectivity index (χ0) is 15.6. The molecule has 0 saturated carbocycles. The third-order valence-electron chi connectivity index (χ3n) is 3.80. The lowest BCUT2D eigenvalue weighted by molar-refractivity contribution is -0.347. The fourth-order valence-corrected chi connectivity index (χ4v) is 2.61. The van der Waals surface area contributed by atoms with Crippen molar-refractivity contribution in [3.8, 4) is 0 Å². The minimum absolute atomic E-state index is 0.0724. The summed E-state index contributed by atoms with van der Waals surface area (Å²) < 4.78 is 16.1. The van der Waals surface area contributed by atoms with Gasteiger partial charge in [0.2, 0.25) is 0 Å². The van der Waals surface area contributed by atoms with E-state index in [9.17, 15) is 20.4 Å². The molecule has 2 aliphatic heterocycles. The van der Waals surface area contributed by atoms with Gasteiger partial charge in [0.1, 0.15) is 18.3 Å². The van der Waals surface area contributed by atoms with Crippen molar-refractivity contribution in [2.75, 3.05) is 19.8 Å². The van der Waals surface area contributed by atoms with Gasteiger partial charge >= 0.3 is 0 Å². The Kier molecular flexibility index (Phi) is 5.52. The van der Waals surface area contributed by atoms with Gasteiger partial charge in [0.15, 0.2) is 12.1 Å². The molecule has 1 unspecified atom stereocenters. The van der Waals surface area contributed by atoms with Crippen molar-refractivity contribution >= 4 is 0 Å². The number of hydrogen-bond acceptors (Lipinski definition) is 9. The highest BCUT2D eigenvalue weighted by Crippen LogP contribution is 2.35. The molecule has 0 aliphatic carbocycles. The zero-order valence-corrected chi connectivity index (χ0v) is 11.4. The molecule has 7 atom stereocenters. The molecule has 0 aromatic carbocycles. The Bertz CT molecular complexity index is 341. The Morgan fingerprint density at radius 3 is 2.19 bits per heavy atom. The summed E-state index contributed by atoms with van der Waals surface area (Å²) in [5.74, 6) is -1.56. The van der Waals surface area contributed by atoms with E-state index in [4.69, 9.17) is 24.4 Å². The summed E-state index contributed by atoms with van der Waals surface area (Å²) in [6.45, 7) is -1.52. The molecule has 0 radical (unpaired) electrons. The second kappa shape index (κ2) is 6.82. The molecule has 0 aromatic heterocycles. The van der Waals surface area contributed by atoms with E-state index in [1.807, 2.05) is 0 Å². The van der Waals surface area contributed by atoms with Crippen molar-refractivity contribution in [3.05, 3.63) is 0 Å². The zero-order valence-electron chi connectivity index (χ0n) is 11.4. The first-order chi connectivity index (χ1) is 9.94. The fraction of sp³-hybridized carbons (Fsp3) is 1.00. The van der Waals surface area contributed by atoms with Crippen molar-refractivity contribution in [2.45, 2.75) is 55.4 Å². The Morgan fingerprint density at radius 1 is 1.00 bits per heavy atom. The SMILES string of the molecule is OC[C@H]1OC(O[C@@]2(CO)C[C@H](O)[C@@H](CO)O2)C[C@@H](O)[C@@H]1O. The van der Waals surface area contributed by atoms with E-state index in [1.54, 1.807) is 0 Å². The van der Waals surface area contributed by atoms with Gasteiger partial charge < -0.3 is 44.8 Å². The summed E-state index contributed by atoms with van der Waals surface area (Å²) >= 11 is 0. The fourth-order valence-electron chi connectivity index (χ4n) is 2.61. The van der Waals surface area contributed by atoms with E-state index in [1.165, 1.54) is 0 Å². The molecule has 9 heteroatoms. The largest absolute Gasteiger partial charge is 0.394 e. The molecule has 2 saturated heterocycles. The van der Waals surface area contributed by atoms with Crippen LogP contribution in [-0.2, 0) is 14.2 Å². The average molecular weight is 310 g/mol. The van der Waals surface area contributed by atoms with Crippen molar-refractivity contribution in [3.63, 3.8) is 0 Å². The molecule has 2 rings (SSSR count). The average Bonchev–Trinajstić information content (AvgIpc) is 2.79. The Balaban J connectivity index is 2.02. The Labute approximate surface area is 121 Å². The monoisotopic (exact) mass is 310 g/mol. The van der Waals surface area contributed by atoms with Gasteiger partial charge in [0, 0.05) is 12.8 Å². The summed E-state index contributed by atoms with van der Waals surface area (Å²) in [4.78, 5) is 0. The lowest BCUT2D eigenvalue weighted by Crippen LogP contribution is -2.53. The van der Waals surface area contributed by atoms with Gasteiger partial charge in [-0.15, -0.1) is 0 Å². The highest BCUT2D eigenvalue weighted by Gasteiger charge is 2.49. The van der Waals surface area contributed by atoms with Crippen LogP contribution in [0.1, 0.15) is 12.8 Å². The molecule has 0 amide bonds. The lowest BCUT2D eigenvalue weighted by Gasteiger charge is -2.39. The normalized spacial score (nSPS) is 47.7. The molecule has 9 nitrogen and oxygen atoms in total. The van der Waals surface area contributed by atoms with Crippen molar-refractivity contribution in [2.24, 2.45) is 0 Å². The van der Waals surface area contributed by atoms with Crippen LogP contribution in [0.15, 0.2) is 0 Å². The van der Waals surface area contributed by atoms with Crippen LogP contribution in [0.5, 0.6) is 0 Å². The maximum atomic E-state index is 9.73. The number of ether oxygens (including phenoxy) is 3. The topological polar surface area (TPSA) is 149 Å². The van der Waals surface area contributed by atoms with Crippen molar-refractivity contribution < 1.29 is 44.8 Å². The quantitative estimate of drug-likeness (QED) is 0.306. The molecule has 21 heavy (non-hydrogen) atoms. The van der Waals surface area contributed by atoms with Crippen LogP contribution in [-0.4, -0.2) is 93.1 Å². The van der Waals surface area contributed by atoms with Crippen LogP contribution < -0.4 is 0 Å². The highest BCUT2D eigenvalue weighted by molar-refractivity contribution is 4.89. The van der Waals surface area contributed by atoms with Gasteiger partial charge in [0.25, 0.3) is 0 Å². The molecule has 2 fully saturated rings. The molecular formula is C12H22O9. The number of aliphatic hydroxyl groups is 6. The second-order valence-corrected chi connectivity index (χ2v) is 5.38. The van der Waals surface area contributed by atoms with E-state index >= 15 is 0 Å². The minimum Gasteiger partial charge on any atom is -0.394 e. The summed E-state index contributed by atoms with van der Waals surface area (Å²) in [7, 11) is 0. The third kappa shape index (κ3) is 3.52. The summed E-state index contributed by atoms with van der Waals surface area (Å²) in [6.07, 6.45) is -6.48. The molecular weight excluding hydrogens is 288 g/mol. The van der Waals surface area contributed by atoms with Crippen molar-refractivity contribution in [1.29, 1.82) is 0 Å². The maximum Gasteiger partial charge on any atom is 0.197 e. The molecule has 2 heterocycles. The smallest absolute Gasteiger partial charge is 0.197 e. The molecule has 0 aromatic rings. The molecule has 2 aliphatic rings. The van der Waals surface area contributed by atoms with Crippen LogP contribution in [0.25, 0.3) is 0 Å². The Hall–Kier alpha value is -0.360. The first-order valence-corrected chi connectivity index (χ1v) is 6.82. The highest BCUT2D eigenvalue weighted by atomic mass is 16.8. The van der Waals surface area contributed by atoms with Gasteiger partial charge in [-0.05, 0) is 0 Å². The predicted octanol–water partition coefficient (Wildman–Crippen LogP) is -3.34. The van der Waals surface area contributed by atoms with Gasteiger partial charge in [-0.1, -0.05) is 0 Å². The van der Waals surface area contributed by atoms with Crippen LogP contribution in [0.2, 0.25) is 0 Å². The standard InChI is InChI=1S/C12H22O9/c13-3-8-7(17)2-12(5-15,20-8)21-10-1-6(16)11(18)9(4-14)19-10/h6-11,13-18H,1-5H2/t6-,7+,8-,9-,10?,11+,12-/m1/s1. The summed E-state index contributed by atoms with van der Waals surface area (Å²) in [6, 6.07) is 0. The van der Waals surface area contributed by atoms with Crippen LogP contribution in [0, 0.1) is 0 Å². The predicted molar refractivity (Wildman–Crippen MR) is 65.9 cm³/mol. The molecule has 0 spiro atoms. The Morgan fingerprint density at radius 2 is 1.67 bits per heavy atom. The third-order valence-corrected chi connectivity index (χ3v) is 3.80. The maximum absolute atomic E-state index is 9.73. The van der Waals surface area contributed by atoms with Crippen LogP contribution >= 0.6 is 0 Å². The minimum atomic E-state index is -1.56. The first-order valence-electron chi connectivity index (χ1n) is 6.82. The van der Waals surface area contributed by atoms with Gasteiger partial charge in [-0.2, -0.15) is 0 Å². The second-order valence-electron chi connectivity index (χ2n) is 5.38. The van der Waals surface area contributed by atoms with Crippen LogP contribution in [0.3, 0.4) is 0 Å². The molecule has 0 bridgehead atoms. The van der Waals surface area contributed by atoms with Gasteiger partial charge in [0.05, 0.1) is 32.0 Å². The number of rotatable bonds is 5. The summed E-state index contributed by atoms with van der Waals surface area (Å²) in [5.41, 5.74) is 0. The van der Waals surface area contributed by atoms with E-state index in [0.29, 0.717) is 0 Å². The van der Waals surface area contributed by atoms with Crippen molar-refractivity contribution in [1.82, 2.24) is 0 Å². The van der Waals surface area contributed by atoms with Crippen LogP contribution in [0.4, 0.5) is 0 Å². The lowest BCUT2D eigenvalue weighted by atomic mass is 10.0. The molecule has 6 N–H and O–H groups in total. The van der Waals surface area contributed by atoms with Gasteiger partial charge in [-0.3, -0.25) is 0 Å². The number of aliphatic hydroxyl groups excluding tert-OH is 6. The van der Waals surface area contributed by atoms with E-state index < -0.39 is 62.4 Å². The number of hydrogen-bond donors (Lipinski definition) is 6. The first kappa shape index (κ1) is 17.0.